The van der Waals surface area contributed by atoms with Crippen LogP contribution < -0.4 is 10.2 Å². The Bertz CT molecular complexity index is 602. The summed E-state index contributed by atoms with van der Waals surface area (Å²) in [6.07, 6.45) is 1.02. The van der Waals surface area contributed by atoms with E-state index >= 15 is 0 Å². The smallest absolute Gasteiger partial charge is 0.317 e. The van der Waals surface area contributed by atoms with Gasteiger partial charge in [0.2, 0.25) is 5.91 Å². The first-order valence-corrected chi connectivity index (χ1v) is 7.82. The van der Waals surface area contributed by atoms with Crippen molar-refractivity contribution in [2.24, 2.45) is 0 Å². The lowest BCUT2D eigenvalue weighted by Crippen LogP contribution is -2.49. The Balaban J connectivity index is 1.58. The summed E-state index contributed by atoms with van der Waals surface area (Å²) in [5.74, 6) is -0.523. The van der Waals surface area contributed by atoms with Crippen LogP contribution in [-0.4, -0.2) is 53.7 Å². The van der Waals surface area contributed by atoms with E-state index < -0.39 is 5.82 Å². The fourth-order valence-corrected chi connectivity index (χ4v) is 3.03. The molecule has 0 bridgehead atoms. The number of aliphatic hydroxyl groups is 1. The number of carbonyl (C=O) groups is 2. The molecule has 1 atom stereocenters. The van der Waals surface area contributed by atoms with E-state index in [1.807, 2.05) is 0 Å². The minimum atomic E-state index is -0.394. The van der Waals surface area contributed by atoms with Gasteiger partial charge >= 0.3 is 6.03 Å². The van der Waals surface area contributed by atoms with Crippen LogP contribution in [-0.2, 0) is 4.79 Å². The molecule has 23 heavy (non-hydrogen) atoms. The van der Waals surface area contributed by atoms with E-state index in [0.29, 0.717) is 38.2 Å². The molecule has 2 aliphatic rings. The lowest BCUT2D eigenvalue weighted by Gasteiger charge is -2.30. The molecular formula is C16H20FN3O3. The fraction of sp³-hybridized carbons (Fsp3) is 0.500. The van der Waals surface area contributed by atoms with Crippen molar-refractivity contribution in [1.82, 2.24) is 10.2 Å². The van der Waals surface area contributed by atoms with Crippen LogP contribution in [0.3, 0.4) is 0 Å². The van der Waals surface area contributed by atoms with Gasteiger partial charge in [0.1, 0.15) is 5.82 Å². The zero-order chi connectivity index (χ0) is 16.4. The molecule has 1 aromatic rings. The lowest BCUT2D eigenvalue weighted by molar-refractivity contribution is -0.117. The first kappa shape index (κ1) is 15.7. The van der Waals surface area contributed by atoms with Crippen LogP contribution in [0.2, 0.25) is 0 Å². The molecule has 0 saturated carbocycles. The summed E-state index contributed by atoms with van der Waals surface area (Å²) >= 11 is 0. The van der Waals surface area contributed by atoms with Crippen molar-refractivity contribution >= 4 is 17.6 Å². The number of hydrogen-bond donors (Lipinski definition) is 2. The Morgan fingerprint density at radius 1 is 1.30 bits per heavy atom. The average Bonchev–Trinajstić information content (AvgIpc) is 2.88. The standard InChI is InChI=1S/C16H20FN3O3/c17-11-2-1-3-13(8-11)20-10-12(9-15(20)22)18-16(23)19-6-4-14(21)5-7-19/h1-3,8,12,14,21H,4-7,9-10H2,(H,18,23). The predicted octanol–water partition coefficient (Wildman–Crippen LogP) is 1.10. The number of nitrogens with zero attached hydrogens (tertiary/aromatic N) is 2. The average molecular weight is 321 g/mol. The normalized spacial score (nSPS) is 22.5. The fourth-order valence-electron chi connectivity index (χ4n) is 3.03. The number of likely N-dealkylation sites (tertiary alicyclic amines) is 1. The third-order valence-electron chi connectivity index (χ3n) is 4.32. The van der Waals surface area contributed by atoms with Crippen molar-refractivity contribution in [3.8, 4) is 0 Å². The van der Waals surface area contributed by atoms with E-state index in [2.05, 4.69) is 5.32 Å². The Morgan fingerprint density at radius 3 is 2.74 bits per heavy atom. The summed E-state index contributed by atoms with van der Waals surface area (Å²) in [5, 5.41) is 12.3. The monoisotopic (exact) mass is 321 g/mol. The quantitative estimate of drug-likeness (QED) is 0.857. The number of rotatable bonds is 2. The maximum Gasteiger partial charge on any atom is 0.317 e. The second-order valence-corrected chi connectivity index (χ2v) is 6.05. The highest BCUT2D eigenvalue weighted by molar-refractivity contribution is 5.96. The van der Waals surface area contributed by atoms with E-state index in [4.69, 9.17) is 0 Å². The molecule has 0 aliphatic carbocycles. The largest absolute Gasteiger partial charge is 0.393 e. The minimum Gasteiger partial charge on any atom is -0.393 e. The van der Waals surface area contributed by atoms with E-state index in [-0.39, 0.29) is 30.5 Å². The highest BCUT2D eigenvalue weighted by atomic mass is 19.1. The van der Waals surface area contributed by atoms with Crippen LogP contribution in [0.25, 0.3) is 0 Å². The highest BCUT2D eigenvalue weighted by Gasteiger charge is 2.33. The predicted molar refractivity (Wildman–Crippen MR) is 82.5 cm³/mol. The summed E-state index contributed by atoms with van der Waals surface area (Å²) in [5.41, 5.74) is 0.507. The summed E-state index contributed by atoms with van der Waals surface area (Å²) in [6.45, 7) is 1.37. The second-order valence-electron chi connectivity index (χ2n) is 6.05. The molecule has 0 aromatic heterocycles. The second kappa shape index (κ2) is 6.54. The van der Waals surface area contributed by atoms with Crippen molar-refractivity contribution in [2.45, 2.75) is 31.4 Å². The first-order valence-electron chi connectivity index (χ1n) is 7.82. The molecule has 7 heteroatoms. The van der Waals surface area contributed by atoms with Gasteiger partial charge < -0.3 is 20.2 Å². The van der Waals surface area contributed by atoms with Crippen molar-refractivity contribution < 1.29 is 19.1 Å². The SMILES string of the molecule is O=C(NC1CC(=O)N(c2cccc(F)c2)C1)N1CCC(O)CC1. The van der Waals surface area contributed by atoms with E-state index in [1.54, 1.807) is 17.0 Å². The number of urea groups is 1. The first-order chi connectivity index (χ1) is 11.0. The number of carbonyl (C=O) groups excluding carboxylic acids is 2. The summed E-state index contributed by atoms with van der Waals surface area (Å²) < 4.78 is 13.3. The van der Waals surface area contributed by atoms with E-state index in [0.717, 1.165) is 0 Å². The number of piperidine rings is 1. The third-order valence-corrected chi connectivity index (χ3v) is 4.32. The zero-order valence-corrected chi connectivity index (χ0v) is 12.7. The van der Waals surface area contributed by atoms with Gasteiger partial charge in [-0.2, -0.15) is 0 Å². The van der Waals surface area contributed by atoms with Gasteiger partial charge in [0.15, 0.2) is 0 Å². The van der Waals surface area contributed by atoms with Crippen LogP contribution in [0.1, 0.15) is 19.3 Å². The van der Waals surface area contributed by atoms with Crippen LogP contribution >= 0.6 is 0 Å². The molecule has 0 radical (unpaired) electrons. The number of anilines is 1. The molecule has 2 heterocycles. The number of halogens is 1. The molecule has 2 N–H and O–H groups in total. The Labute approximate surface area is 133 Å². The van der Waals surface area contributed by atoms with Crippen LogP contribution in [0.15, 0.2) is 24.3 Å². The molecule has 6 nitrogen and oxygen atoms in total. The Kier molecular flexibility index (Phi) is 4.47. The third kappa shape index (κ3) is 3.61. The van der Waals surface area contributed by atoms with Crippen molar-refractivity contribution in [3.63, 3.8) is 0 Å². The molecule has 2 fully saturated rings. The van der Waals surface area contributed by atoms with Gasteiger partial charge in [0, 0.05) is 31.7 Å². The minimum absolute atomic E-state index is 0.130. The van der Waals surface area contributed by atoms with E-state index in [1.165, 1.54) is 17.0 Å². The van der Waals surface area contributed by atoms with Crippen molar-refractivity contribution in [2.75, 3.05) is 24.5 Å². The number of nitrogens with one attached hydrogen (secondary N) is 1. The van der Waals surface area contributed by atoms with Crippen LogP contribution in [0, 0.1) is 5.82 Å². The number of benzene rings is 1. The van der Waals surface area contributed by atoms with Crippen LogP contribution in [0.5, 0.6) is 0 Å². The molecule has 124 valence electrons. The van der Waals surface area contributed by atoms with Crippen molar-refractivity contribution in [1.29, 1.82) is 0 Å². The summed E-state index contributed by atoms with van der Waals surface area (Å²) in [4.78, 5) is 27.5. The molecular weight excluding hydrogens is 301 g/mol. The van der Waals surface area contributed by atoms with Crippen LogP contribution in [0.4, 0.5) is 14.9 Å². The number of aliphatic hydroxyl groups excluding tert-OH is 1. The Morgan fingerprint density at radius 2 is 2.04 bits per heavy atom. The summed E-state index contributed by atoms with van der Waals surface area (Å²) in [6, 6.07) is 5.38. The van der Waals surface area contributed by atoms with Gasteiger partial charge in [-0.15, -0.1) is 0 Å². The van der Waals surface area contributed by atoms with Gasteiger partial charge in [0.05, 0.1) is 12.1 Å². The van der Waals surface area contributed by atoms with E-state index in [9.17, 15) is 19.1 Å². The van der Waals surface area contributed by atoms with Gasteiger partial charge in [-0.3, -0.25) is 4.79 Å². The number of amides is 3. The van der Waals surface area contributed by atoms with Gasteiger partial charge in [-0.05, 0) is 31.0 Å². The summed E-state index contributed by atoms with van der Waals surface area (Å²) in [7, 11) is 0. The van der Waals surface area contributed by atoms with Gasteiger partial charge in [-0.1, -0.05) is 6.07 Å². The molecule has 3 amide bonds. The number of hydrogen-bond acceptors (Lipinski definition) is 3. The molecule has 2 aliphatic heterocycles. The molecule has 0 spiro atoms. The molecule has 3 rings (SSSR count). The lowest BCUT2D eigenvalue weighted by atomic mass is 10.1. The highest BCUT2D eigenvalue weighted by Crippen LogP contribution is 2.22. The molecule has 2 saturated heterocycles. The maximum atomic E-state index is 13.3. The molecule has 1 aromatic carbocycles. The molecule has 1 unspecified atom stereocenters. The van der Waals surface area contributed by atoms with Gasteiger partial charge in [0.25, 0.3) is 0 Å². The van der Waals surface area contributed by atoms with Crippen molar-refractivity contribution in [3.05, 3.63) is 30.1 Å². The topological polar surface area (TPSA) is 72.9 Å². The maximum absolute atomic E-state index is 13.3. The van der Waals surface area contributed by atoms with Gasteiger partial charge in [-0.25, -0.2) is 9.18 Å². The zero-order valence-electron chi connectivity index (χ0n) is 12.7. The Hall–Kier alpha value is -2.15.